The van der Waals surface area contributed by atoms with Gasteiger partial charge in [0.1, 0.15) is 0 Å². The normalized spacial score (nSPS) is 26.2. The maximum absolute atomic E-state index is 6.81. The zero-order chi connectivity index (χ0) is 25.2. The average Bonchev–Trinajstić information content (AvgIpc) is 2.92. The van der Waals surface area contributed by atoms with E-state index in [9.17, 15) is 0 Å². The van der Waals surface area contributed by atoms with Crippen LogP contribution in [0.5, 0.6) is 0 Å². The molecule has 0 aliphatic heterocycles. The largest absolute Gasteiger partial charge is 0.417 e. The first-order chi connectivity index (χ1) is 14.2. The molecule has 0 aromatic carbocycles. The maximum atomic E-state index is 6.81. The topological polar surface area (TPSA) is 18.5 Å². The molecule has 0 unspecified atom stereocenters. The van der Waals surface area contributed by atoms with Crippen LogP contribution in [0.3, 0.4) is 0 Å². The van der Waals surface area contributed by atoms with E-state index in [2.05, 4.69) is 112 Å². The lowest BCUT2D eigenvalue weighted by Crippen LogP contribution is -2.45. The highest BCUT2D eigenvalue weighted by Crippen LogP contribution is 2.46. The lowest BCUT2D eigenvalue weighted by molar-refractivity contribution is 0.124. The summed E-state index contributed by atoms with van der Waals surface area (Å²) in [6.45, 7) is 36.8. The van der Waals surface area contributed by atoms with Crippen LogP contribution in [0.4, 0.5) is 0 Å². The first-order valence-electron chi connectivity index (χ1n) is 12.8. The Hall–Kier alpha value is 0.0506. The van der Waals surface area contributed by atoms with Crippen molar-refractivity contribution < 1.29 is 8.85 Å². The fraction of sp³-hybridized carbons (Fsp3) is 0.852. The molecule has 0 saturated heterocycles. The Morgan fingerprint density at radius 2 is 1.16 bits per heavy atom. The van der Waals surface area contributed by atoms with Gasteiger partial charge in [0.15, 0.2) is 16.6 Å². The second kappa shape index (κ2) is 10.8. The van der Waals surface area contributed by atoms with E-state index in [4.69, 9.17) is 8.85 Å². The highest BCUT2D eigenvalue weighted by Gasteiger charge is 2.45. The molecule has 0 spiro atoms. The average molecular weight is 497 g/mol. The Kier molecular flexibility index (Phi) is 10.1. The van der Waals surface area contributed by atoms with E-state index < -0.39 is 24.7 Å². The van der Waals surface area contributed by atoms with Crippen LogP contribution in [-0.2, 0) is 8.85 Å². The van der Waals surface area contributed by atoms with E-state index in [0.717, 1.165) is 13.2 Å². The standard InChI is InChI=1S/C27H56O2Si3/c1-15-22-19-23(17-16-18-30(8,9)10)25(21-29-32(13,14)27(5,6)7)24(22)20-28-31(11,12)26(2,3)4/h15-17,22-25H,1,18-21H2,2-14H3/b17-16+/t22-,23+,24+,25-/m0/s1. The summed E-state index contributed by atoms with van der Waals surface area (Å²) in [5.41, 5.74) is 0. The van der Waals surface area contributed by atoms with Crippen LogP contribution in [-0.4, -0.2) is 37.9 Å². The number of hydrogen-bond donors (Lipinski definition) is 0. The molecule has 0 heterocycles. The zero-order valence-electron chi connectivity index (χ0n) is 23.9. The molecule has 188 valence electrons. The van der Waals surface area contributed by atoms with Crippen LogP contribution in [0, 0.1) is 23.7 Å². The summed E-state index contributed by atoms with van der Waals surface area (Å²) >= 11 is 0. The molecule has 5 heteroatoms. The monoisotopic (exact) mass is 496 g/mol. The van der Waals surface area contributed by atoms with Gasteiger partial charge in [0.05, 0.1) is 0 Å². The van der Waals surface area contributed by atoms with Crippen molar-refractivity contribution in [3.63, 3.8) is 0 Å². The van der Waals surface area contributed by atoms with Gasteiger partial charge in [-0.15, -0.1) is 6.58 Å². The molecule has 1 rings (SSSR count). The molecule has 1 aliphatic carbocycles. The quantitative estimate of drug-likeness (QED) is 0.222. The summed E-state index contributed by atoms with van der Waals surface area (Å²) in [5, 5.41) is 0.471. The fourth-order valence-corrected chi connectivity index (χ4v) is 6.85. The van der Waals surface area contributed by atoms with Crippen LogP contribution in [0.25, 0.3) is 0 Å². The van der Waals surface area contributed by atoms with Gasteiger partial charge < -0.3 is 8.85 Å². The van der Waals surface area contributed by atoms with E-state index in [1.165, 1.54) is 12.5 Å². The lowest BCUT2D eigenvalue weighted by atomic mass is 9.88. The van der Waals surface area contributed by atoms with Crippen molar-refractivity contribution in [2.75, 3.05) is 13.2 Å². The molecule has 4 atom stereocenters. The minimum atomic E-state index is -1.79. The summed E-state index contributed by atoms with van der Waals surface area (Å²) in [6.07, 6.45) is 8.39. The molecule has 0 bridgehead atoms. The van der Waals surface area contributed by atoms with Crippen molar-refractivity contribution in [1.82, 2.24) is 0 Å². The van der Waals surface area contributed by atoms with E-state index >= 15 is 0 Å². The van der Waals surface area contributed by atoms with Crippen molar-refractivity contribution in [3.05, 3.63) is 24.8 Å². The molecular formula is C27H56O2Si3. The first kappa shape index (κ1) is 30.1. The molecular weight excluding hydrogens is 441 g/mol. The van der Waals surface area contributed by atoms with Crippen LogP contribution in [0.15, 0.2) is 24.8 Å². The molecule has 0 radical (unpaired) electrons. The van der Waals surface area contributed by atoms with Gasteiger partial charge >= 0.3 is 0 Å². The summed E-state index contributed by atoms with van der Waals surface area (Å²) < 4.78 is 13.6. The first-order valence-corrected chi connectivity index (χ1v) is 22.3. The predicted molar refractivity (Wildman–Crippen MR) is 152 cm³/mol. The molecule has 0 aromatic heterocycles. The van der Waals surface area contributed by atoms with Gasteiger partial charge in [-0.2, -0.15) is 0 Å². The van der Waals surface area contributed by atoms with Crippen molar-refractivity contribution in [2.45, 2.75) is 110 Å². The Balaban J connectivity index is 3.13. The Labute approximate surface area is 204 Å². The van der Waals surface area contributed by atoms with Crippen LogP contribution in [0.2, 0.25) is 61.9 Å². The van der Waals surface area contributed by atoms with Crippen LogP contribution >= 0.6 is 0 Å². The van der Waals surface area contributed by atoms with Gasteiger partial charge in [0, 0.05) is 21.3 Å². The zero-order valence-corrected chi connectivity index (χ0v) is 26.9. The highest BCUT2D eigenvalue weighted by atomic mass is 28.4. The van der Waals surface area contributed by atoms with Crippen molar-refractivity contribution in [1.29, 1.82) is 0 Å². The fourth-order valence-electron chi connectivity index (χ4n) is 3.92. The second-order valence-electron chi connectivity index (χ2n) is 14.5. The number of allylic oxidation sites excluding steroid dienone is 3. The minimum absolute atomic E-state index is 0.235. The van der Waals surface area contributed by atoms with Crippen molar-refractivity contribution in [2.24, 2.45) is 23.7 Å². The Morgan fingerprint density at radius 3 is 1.50 bits per heavy atom. The molecule has 0 amide bonds. The predicted octanol–water partition coefficient (Wildman–Crippen LogP) is 8.98. The van der Waals surface area contributed by atoms with Gasteiger partial charge in [-0.3, -0.25) is 0 Å². The smallest absolute Gasteiger partial charge is 0.191 e. The van der Waals surface area contributed by atoms with Gasteiger partial charge in [-0.1, -0.05) is 79.4 Å². The van der Waals surface area contributed by atoms with Crippen molar-refractivity contribution >= 4 is 24.7 Å². The molecule has 0 N–H and O–H groups in total. The third-order valence-electron chi connectivity index (χ3n) is 8.50. The van der Waals surface area contributed by atoms with Gasteiger partial charge in [-0.25, -0.2) is 0 Å². The summed E-state index contributed by atoms with van der Waals surface area (Å²) in [6, 6.07) is 1.25. The van der Waals surface area contributed by atoms with E-state index in [1.807, 2.05) is 0 Å². The van der Waals surface area contributed by atoms with Gasteiger partial charge in [0.2, 0.25) is 0 Å². The highest BCUT2D eigenvalue weighted by molar-refractivity contribution is 6.76. The molecule has 1 aliphatic rings. The summed E-state index contributed by atoms with van der Waals surface area (Å²) in [4.78, 5) is 0. The lowest BCUT2D eigenvalue weighted by Gasteiger charge is -2.40. The van der Waals surface area contributed by atoms with E-state index in [0.29, 0.717) is 23.7 Å². The number of rotatable bonds is 10. The van der Waals surface area contributed by atoms with E-state index in [-0.39, 0.29) is 10.1 Å². The molecule has 0 aromatic rings. The summed E-state index contributed by atoms with van der Waals surface area (Å²) in [7, 11) is -4.65. The summed E-state index contributed by atoms with van der Waals surface area (Å²) in [5.74, 6) is 2.07. The van der Waals surface area contributed by atoms with Crippen LogP contribution in [0.1, 0.15) is 48.0 Å². The second-order valence-corrected chi connectivity index (χ2v) is 29.6. The van der Waals surface area contributed by atoms with Crippen LogP contribution < -0.4 is 0 Å². The van der Waals surface area contributed by atoms with E-state index in [1.54, 1.807) is 0 Å². The van der Waals surface area contributed by atoms with Gasteiger partial charge in [0.25, 0.3) is 0 Å². The molecule has 2 nitrogen and oxygen atoms in total. The Bertz CT molecular complexity index is 633. The third-order valence-corrected chi connectivity index (χ3v) is 19.0. The molecule has 1 fully saturated rings. The van der Waals surface area contributed by atoms with Gasteiger partial charge in [-0.05, 0) is 72.4 Å². The third kappa shape index (κ3) is 8.37. The maximum Gasteiger partial charge on any atom is 0.191 e. The molecule has 1 saturated carbocycles. The Morgan fingerprint density at radius 1 is 0.750 bits per heavy atom. The minimum Gasteiger partial charge on any atom is -0.417 e. The molecule has 32 heavy (non-hydrogen) atoms. The number of hydrogen-bond acceptors (Lipinski definition) is 2. The van der Waals surface area contributed by atoms with Crippen molar-refractivity contribution in [3.8, 4) is 0 Å². The SMILES string of the molecule is C=C[C@H]1C[C@@H](/C=C/C[Si](C)(C)C)[C@H](CO[Si](C)(C)C(C)(C)C)[C@@H]1CO[Si](C)(C)C(C)(C)C.